The standard InChI is InChI=1S/C15H23N3O2.ClH/c16-7-6-15(19)18-10-8-17(9-11-18)12-13-20-14-4-2-1-3-5-14;/h1-5H,6-13,16H2;1H. The largest absolute Gasteiger partial charge is 0.492 e. The second-order valence-corrected chi connectivity index (χ2v) is 4.92. The lowest BCUT2D eigenvalue weighted by Crippen LogP contribution is -2.49. The summed E-state index contributed by atoms with van der Waals surface area (Å²) in [7, 11) is 0. The molecule has 0 aliphatic carbocycles. The molecule has 0 bridgehead atoms. The van der Waals surface area contributed by atoms with Crippen molar-refractivity contribution in [2.45, 2.75) is 6.42 Å². The predicted molar refractivity (Wildman–Crippen MR) is 85.9 cm³/mol. The molecule has 0 spiro atoms. The van der Waals surface area contributed by atoms with E-state index in [4.69, 9.17) is 10.5 Å². The number of nitrogens with zero attached hydrogens (tertiary/aromatic N) is 2. The van der Waals surface area contributed by atoms with Crippen molar-refractivity contribution < 1.29 is 9.53 Å². The van der Waals surface area contributed by atoms with Gasteiger partial charge >= 0.3 is 0 Å². The van der Waals surface area contributed by atoms with Gasteiger partial charge in [0.2, 0.25) is 5.91 Å². The minimum Gasteiger partial charge on any atom is -0.492 e. The van der Waals surface area contributed by atoms with E-state index in [1.165, 1.54) is 0 Å². The number of para-hydroxylation sites is 1. The van der Waals surface area contributed by atoms with Crippen LogP contribution >= 0.6 is 12.4 Å². The molecular formula is C15H24ClN3O2. The van der Waals surface area contributed by atoms with Gasteiger partial charge in [-0.05, 0) is 12.1 Å². The van der Waals surface area contributed by atoms with Crippen molar-refractivity contribution in [3.8, 4) is 5.75 Å². The van der Waals surface area contributed by atoms with Gasteiger partial charge in [0.1, 0.15) is 12.4 Å². The summed E-state index contributed by atoms with van der Waals surface area (Å²) in [5.74, 6) is 1.08. The topological polar surface area (TPSA) is 58.8 Å². The summed E-state index contributed by atoms with van der Waals surface area (Å²) < 4.78 is 5.68. The number of amides is 1. The lowest BCUT2D eigenvalue weighted by molar-refractivity contribution is -0.132. The van der Waals surface area contributed by atoms with Gasteiger partial charge < -0.3 is 15.4 Å². The van der Waals surface area contributed by atoms with Gasteiger partial charge in [0.05, 0.1) is 0 Å². The van der Waals surface area contributed by atoms with E-state index in [1.54, 1.807) is 0 Å². The normalized spacial score (nSPS) is 15.4. The Morgan fingerprint density at radius 3 is 2.43 bits per heavy atom. The third-order valence-electron chi connectivity index (χ3n) is 3.50. The van der Waals surface area contributed by atoms with Crippen molar-refractivity contribution in [3.05, 3.63) is 30.3 Å². The minimum atomic E-state index is 0. The minimum absolute atomic E-state index is 0. The number of carbonyl (C=O) groups excluding carboxylic acids is 1. The number of hydrogen-bond acceptors (Lipinski definition) is 4. The lowest BCUT2D eigenvalue weighted by atomic mass is 10.3. The monoisotopic (exact) mass is 313 g/mol. The number of carbonyl (C=O) groups is 1. The molecule has 2 N–H and O–H groups in total. The van der Waals surface area contributed by atoms with Crippen LogP contribution in [0.4, 0.5) is 0 Å². The Morgan fingerprint density at radius 2 is 1.81 bits per heavy atom. The zero-order chi connectivity index (χ0) is 14.2. The Labute approximate surface area is 132 Å². The van der Waals surface area contributed by atoms with Crippen LogP contribution in [0.3, 0.4) is 0 Å². The number of hydrogen-bond donors (Lipinski definition) is 1. The summed E-state index contributed by atoms with van der Waals surface area (Å²) in [4.78, 5) is 15.9. The predicted octanol–water partition coefficient (Wildman–Crippen LogP) is 0.980. The van der Waals surface area contributed by atoms with E-state index in [0.717, 1.165) is 38.5 Å². The summed E-state index contributed by atoms with van der Waals surface area (Å²) in [6.45, 7) is 5.43. The SMILES string of the molecule is Cl.NCCC(=O)N1CCN(CCOc2ccccc2)CC1. The Kier molecular flexibility index (Phi) is 8.12. The van der Waals surface area contributed by atoms with Gasteiger partial charge in [-0.15, -0.1) is 12.4 Å². The number of nitrogens with two attached hydrogens (primary N) is 1. The van der Waals surface area contributed by atoms with Crippen LogP contribution in [0.1, 0.15) is 6.42 Å². The molecule has 6 heteroatoms. The summed E-state index contributed by atoms with van der Waals surface area (Å²) in [6.07, 6.45) is 0.455. The van der Waals surface area contributed by atoms with E-state index >= 15 is 0 Å². The summed E-state index contributed by atoms with van der Waals surface area (Å²) in [6, 6.07) is 9.84. The van der Waals surface area contributed by atoms with Crippen LogP contribution in [0.15, 0.2) is 30.3 Å². The molecule has 1 heterocycles. The molecule has 0 unspecified atom stereocenters. The van der Waals surface area contributed by atoms with Gasteiger partial charge in [-0.2, -0.15) is 0 Å². The molecule has 0 saturated carbocycles. The van der Waals surface area contributed by atoms with Crippen molar-refractivity contribution in [2.24, 2.45) is 5.73 Å². The van der Waals surface area contributed by atoms with Crippen molar-refractivity contribution >= 4 is 18.3 Å². The quantitative estimate of drug-likeness (QED) is 0.850. The van der Waals surface area contributed by atoms with Crippen molar-refractivity contribution in [1.82, 2.24) is 9.80 Å². The van der Waals surface area contributed by atoms with Gasteiger partial charge in [-0.1, -0.05) is 18.2 Å². The summed E-state index contributed by atoms with van der Waals surface area (Å²) in [5, 5.41) is 0. The van der Waals surface area contributed by atoms with E-state index in [1.807, 2.05) is 35.2 Å². The molecule has 0 aromatic heterocycles. The molecule has 0 atom stereocenters. The first kappa shape index (κ1) is 17.8. The highest BCUT2D eigenvalue weighted by atomic mass is 35.5. The Bertz CT molecular complexity index is 409. The van der Waals surface area contributed by atoms with Crippen LogP contribution < -0.4 is 10.5 Å². The fourth-order valence-corrected chi connectivity index (χ4v) is 2.31. The van der Waals surface area contributed by atoms with E-state index in [9.17, 15) is 4.79 Å². The smallest absolute Gasteiger partial charge is 0.223 e. The maximum atomic E-state index is 11.7. The van der Waals surface area contributed by atoms with E-state index < -0.39 is 0 Å². The highest BCUT2D eigenvalue weighted by molar-refractivity contribution is 5.85. The first-order valence-electron chi connectivity index (χ1n) is 7.17. The van der Waals surface area contributed by atoms with Gasteiger partial charge in [0.15, 0.2) is 0 Å². The molecule has 1 fully saturated rings. The van der Waals surface area contributed by atoms with Gasteiger partial charge in [-0.25, -0.2) is 0 Å². The van der Waals surface area contributed by atoms with Crippen LogP contribution in [-0.2, 0) is 4.79 Å². The third kappa shape index (κ3) is 5.91. The fraction of sp³-hybridized carbons (Fsp3) is 0.533. The number of piperazine rings is 1. The molecule has 5 nitrogen and oxygen atoms in total. The molecule has 1 aromatic carbocycles. The van der Waals surface area contributed by atoms with Crippen LogP contribution in [0, 0.1) is 0 Å². The number of ether oxygens (including phenoxy) is 1. The lowest BCUT2D eigenvalue weighted by Gasteiger charge is -2.34. The molecule has 0 radical (unpaired) electrons. The number of rotatable bonds is 6. The first-order chi connectivity index (χ1) is 9.79. The number of halogens is 1. The molecule has 2 rings (SSSR count). The van der Waals surface area contributed by atoms with Crippen LogP contribution in [-0.4, -0.2) is 61.6 Å². The molecule has 1 aliphatic heterocycles. The van der Waals surface area contributed by atoms with Crippen molar-refractivity contribution in [1.29, 1.82) is 0 Å². The maximum absolute atomic E-state index is 11.7. The Morgan fingerprint density at radius 1 is 1.14 bits per heavy atom. The second-order valence-electron chi connectivity index (χ2n) is 4.92. The van der Waals surface area contributed by atoms with Gasteiger partial charge in [0, 0.05) is 45.7 Å². The maximum Gasteiger partial charge on any atom is 0.223 e. The Balaban J connectivity index is 0.00000220. The molecular weight excluding hydrogens is 290 g/mol. The van der Waals surface area contributed by atoms with Crippen LogP contribution in [0.5, 0.6) is 5.75 Å². The molecule has 1 saturated heterocycles. The van der Waals surface area contributed by atoms with Crippen molar-refractivity contribution in [3.63, 3.8) is 0 Å². The van der Waals surface area contributed by atoms with Crippen molar-refractivity contribution in [2.75, 3.05) is 45.9 Å². The summed E-state index contributed by atoms with van der Waals surface area (Å²) in [5.41, 5.74) is 5.41. The Hall–Kier alpha value is -1.30. The average molecular weight is 314 g/mol. The van der Waals surface area contributed by atoms with Gasteiger partial charge in [-0.3, -0.25) is 9.69 Å². The fourth-order valence-electron chi connectivity index (χ4n) is 2.31. The second kappa shape index (κ2) is 9.60. The molecule has 118 valence electrons. The third-order valence-corrected chi connectivity index (χ3v) is 3.50. The van der Waals surface area contributed by atoms with E-state index in [0.29, 0.717) is 19.6 Å². The summed E-state index contributed by atoms with van der Waals surface area (Å²) >= 11 is 0. The van der Waals surface area contributed by atoms with Crippen LogP contribution in [0.2, 0.25) is 0 Å². The highest BCUT2D eigenvalue weighted by Gasteiger charge is 2.19. The zero-order valence-electron chi connectivity index (χ0n) is 12.2. The zero-order valence-corrected chi connectivity index (χ0v) is 13.1. The van der Waals surface area contributed by atoms with Gasteiger partial charge in [0.25, 0.3) is 0 Å². The highest BCUT2D eigenvalue weighted by Crippen LogP contribution is 2.08. The molecule has 1 amide bonds. The van der Waals surface area contributed by atoms with E-state index in [2.05, 4.69) is 4.90 Å². The van der Waals surface area contributed by atoms with E-state index in [-0.39, 0.29) is 18.3 Å². The molecule has 1 aromatic rings. The first-order valence-corrected chi connectivity index (χ1v) is 7.17. The number of benzene rings is 1. The van der Waals surface area contributed by atoms with Crippen LogP contribution in [0.25, 0.3) is 0 Å². The molecule has 21 heavy (non-hydrogen) atoms. The molecule has 1 aliphatic rings. The average Bonchev–Trinajstić information content (AvgIpc) is 2.49.